The Kier molecular flexibility index (Phi) is 4.87. The maximum absolute atomic E-state index is 12.1. The normalized spacial score (nSPS) is 10.8. The Morgan fingerprint density at radius 3 is 3.00 bits per heavy atom. The standard InChI is InChI=1S/C17H15ClN2O3S/c1-2-22-17(21)13-7-20-16(18)14-10(9-24-15(13)14)8-23-12-5-3-4-11(19)6-12/h3-7,9H,2,8,19H2,1H3. The number of hydrogen-bond donors (Lipinski definition) is 1. The first-order valence-corrected chi connectivity index (χ1v) is 8.56. The molecule has 124 valence electrons. The van der Waals surface area contributed by atoms with Gasteiger partial charge in [0.15, 0.2) is 0 Å². The van der Waals surface area contributed by atoms with Gasteiger partial charge < -0.3 is 15.2 Å². The zero-order chi connectivity index (χ0) is 17.1. The smallest absolute Gasteiger partial charge is 0.341 e. The van der Waals surface area contributed by atoms with E-state index in [2.05, 4.69) is 4.98 Å². The molecule has 0 aliphatic carbocycles. The van der Waals surface area contributed by atoms with Crippen molar-refractivity contribution in [2.75, 3.05) is 12.3 Å². The van der Waals surface area contributed by atoms with E-state index in [0.717, 1.165) is 15.6 Å². The van der Waals surface area contributed by atoms with Gasteiger partial charge in [0.2, 0.25) is 0 Å². The molecule has 2 aromatic heterocycles. The number of anilines is 1. The number of nitrogens with two attached hydrogens (primary N) is 1. The van der Waals surface area contributed by atoms with Gasteiger partial charge in [-0.25, -0.2) is 9.78 Å². The molecule has 0 aliphatic rings. The van der Waals surface area contributed by atoms with Crippen molar-refractivity contribution < 1.29 is 14.3 Å². The van der Waals surface area contributed by atoms with Gasteiger partial charge in [0.05, 0.1) is 16.9 Å². The van der Waals surface area contributed by atoms with E-state index in [1.807, 2.05) is 17.5 Å². The van der Waals surface area contributed by atoms with Gasteiger partial charge in [-0.15, -0.1) is 11.3 Å². The number of nitrogens with zero attached hydrogens (tertiary/aromatic N) is 1. The fourth-order valence-corrected chi connectivity index (χ4v) is 3.66. The molecule has 24 heavy (non-hydrogen) atoms. The third kappa shape index (κ3) is 3.29. The fraction of sp³-hybridized carbons (Fsp3) is 0.176. The summed E-state index contributed by atoms with van der Waals surface area (Å²) in [5.41, 5.74) is 7.65. The van der Waals surface area contributed by atoms with E-state index in [0.29, 0.717) is 35.4 Å². The van der Waals surface area contributed by atoms with Crippen LogP contribution in [0.2, 0.25) is 5.15 Å². The molecule has 0 bridgehead atoms. The first-order valence-electron chi connectivity index (χ1n) is 7.30. The molecule has 0 radical (unpaired) electrons. The van der Waals surface area contributed by atoms with Crippen LogP contribution in [-0.4, -0.2) is 17.6 Å². The molecule has 1 aromatic carbocycles. The number of hydrogen-bond acceptors (Lipinski definition) is 6. The van der Waals surface area contributed by atoms with Gasteiger partial charge in [-0.2, -0.15) is 0 Å². The average molecular weight is 363 g/mol. The minimum Gasteiger partial charge on any atom is -0.489 e. The third-order valence-corrected chi connectivity index (χ3v) is 4.72. The van der Waals surface area contributed by atoms with Crippen LogP contribution in [0.1, 0.15) is 22.8 Å². The van der Waals surface area contributed by atoms with Crippen LogP contribution in [0.5, 0.6) is 5.75 Å². The largest absolute Gasteiger partial charge is 0.489 e. The van der Waals surface area contributed by atoms with E-state index in [1.165, 1.54) is 17.5 Å². The van der Waals surface area contributed by atoms with E-state index in [-0.39, 0.29) is 0 Å². The van der Waals surface area contributed by atoms with E-state index in [4.69, 9.17) is 26.8 Å². The first-order chi connectivity index (χ1) is 11.6. The van der Waals surface area contributed by atoms with Crippen molar-refractivity contribution in [2.24, 2.45) is 0 Å². The van der Waals surface area contributed by atoms with Gasteiger partial charge in [-0.3, -0.25) is 0 Å². The van der Waals surface area contributed by atoms with Crippen molar-refractivity contribution >= 4 is 44.7 Å². The summed E-state index contributed by atoms with van der Waals surface area (Å²) >= 11 is 7.65. The van der Waals surface area contributed by atoms with E-state index in [1.54, 1.807) is 19.1 Å². The molecule has 2 N–H and O–H groups in total. The van der Waals surface area contributed by atoms with E-state index < -0.39 is 5.97 Å². The summed E-state index contributed by atoms with van der Waals surface area (Å²) in [6.45, 7) is 2.37. The zero-order valence-corrected chi connectivity index (χ0v) is 14.5. The highest BCUT2D eigenvalue weighted by Gasteiger charge is 2.18. The Balaban J connectivity index is 1.92. The number of pyridine rings is 1. The Morgan fingerprint density at radius 2 is 2.25 bits per heavy atom. The number of ether oxygens (including phenoxy) is 2. The van der Waals surface area contributed by atoms with Crippen molar-refractivity contribution in [1.29, 1.82) is 0 Å². The highest BCUT2D eigenvalue weighted by atomic mass is 35.5. The highest BCUT2D eigenvalue weighted by molar-refractivity contribution is 7.17. The lowest BCUT2D eigenvalue weighted by Gasteiger charge is -2.07. The summed E-state index contributed by atoms with van der Waals surface area (Å²) in [7, 11) is 0. The number of aromatic nitrogens is 1. The molecular formula is C17H15ClN2O3S. The van der Waals surface area contributed by atoms with Crippen LogP contribution in [0.25, 0.3) is 10.1 Å². The molecule has 0 aliphatic heterocycles. The summed E-state index contributed by atoms with van der Waals surface area (Å²) < 4.78 is 11.6. The third-order valence-electron chi connectivity index (χ3n) is 3.37. The second kappa shape index (κ2) is 7.07. The maximum atomic E-state index is 12.1. The number of rotatable bonds is 5. The average Bonchev–Trinajstić information content (AvgIpc) is 2.98. The topological polar surface area (TPSA) is 74.4 Å². The summed E-state index contributed by atoms with van der Waals surface area (Å²) in [4.78, 5) is 16.2. The quantitative estimate of drug-likeness (QED) is 0.416. The molecule has 0 spiro atoms. The van der Waals surface area contributed by atoms with Crippen molar-refractivity contribution in [3.63, 3.8) is 0 Å². The first kappa shape index (κ1) is 16.5. The fourth-order valence-electron chi connectivity index (χ4n) is 2.29. The number of halogens is 1. The SMILES string of the molecule is CCOC(=O)c1cnc(Cl)c2c(COc3cccc(N)c3)csc12. The molecule has 0 amide bonds. The molecule has 3 aromatic rings. The van der Waals surface area contributed by atoms with Gasteiger partial charge in [0.25, 0.3) is 0 Å². The zero-order valence-electron chi connectivity index (χ0n) is 12.9. The lowest BCUT2D eigenvalue weighted by Crippen LogP contribution is -2.05. The van der Waals surface area contributed by atoms with Crippen LogP contribution in [0.3, 0.4) is 0 Å². The minimum atomic E-state index is -0.406. The van der Waals surface area contributed by atoms with Crippen LogP contribution in [0.15, 0.2) is 35.8 Å². The van der Waals surface area contributed by atoms with Crippen molar-refractivity contribution in [3.05, 3.63) is 52.1 Å². The van der Waals surface area contributed by atoms with Gasteiger partial charge >= 0.3 is 5.97 Å². The maximum Gasteiger partial charge on any atom is 0.341 e. The summed E-state index contributed by atoms with van der Waals surface area (Å²) in [6, 6.07) is 7.19. The summed E-state index contributed by atoms with van der Waals surface area (Å²) in [5, 5.41) is 2.97. The van der Waals surface area contributed by atoms with Crippen LogP contribution in [-0.2, 0) is 11.3 Å². The molecule has 0 atom stereocenters. The molecule has 5 nitrogen and oxygen atoms in total. The summed E-state index contributed by atoms with van der Waals surface area (Å²) in [5.74, 6) is 0.261. The molecule has 2 heterocycles. The number of esters is 1. The number of carbonyl (C=O) groups is 1. The Labute approximate surface area is 148 Å². The van der Waals surface area contributed by atoms with Crippen LogP contribution in [0, 0.1) is 0 Å². The van der Waals surface area contributed by atoms with E-state index >= 15 is 0 Å². The van der Waals surface area contributed by atoms with Crippen molar-refractivity contribution in [1.82, 2.24) is 4.98 Å². The van der Waals surface area contributed by atoms with Crippen LogP contribution in [0.4, 0.5) is 5.69 Å². The molecule has 0 saturated heterocycles. The number of carbonyl (C=O) groups excluding carboxylic acids is 1. The number of fused-ring (bicyclic) bond motifs is 1. The van der Waals surface area contributed by atoms with Gasteiger partial charge in [-0.05, 0) is 24.4 Å². The number of nitrogen functional groups attached to an aromatic ring is 1. The molecule has 0 unspecified atom stereocenters. The van der Waals surface area contributed by atoms with Crippen LogP contribution >= 0.6 is 22.9 Å². The second-order valence-electron chi connectivity index (χ2n) is 5.01. The molecule has 7 heteroatoms. The predicted octanol–water partition coefficient (Wildman–Crippen LogP) is 4.29. The molecule has 0 saturated carbocycles. The minimum absolute atomic E-state index is 0.303. The second-order valence-corrected chi connectivity index (χ2v) is 6.25. The lowest BCUT2D eigenvalue weighted by molar-refractivity contribution is 0.0528. The molecular weight excluding hydrogens is 348 g/mol. The monoisotopic (exact) mass is 362 g/mol. The lowest BCUT2D eigenvalue weighted by atomic mass is 10.2. The Hall–Kier alpha value is -2.31. The number of benzene rings is 1. The molecule has 3 rings (SSSR count). The summed E-state index contributed by atoms with van der Waals surface area (Å²) in [6.07, 6.45) is 1.45. The predicted molar refractivity (Wildman–Crippen MR) is 95.8 cm³/mol. The van der Waals surface area contributed by atoms with Gasteiger partial charge in [0.1, 0.15) is 17.5 Å². The Bertz CT molecular complexity index is 895. The Morgan fingerprint density at radius 1 is 1.42 bits per heavy atom. The number of thiophene rings is 1. The van der Waals surface area contributed by atoms with Crippen LogP contribution < -0.4 is 10.5 Å². The molecule has 0 fully saturated rings. The highest BCUT2D eigenvalue weighted by Crippen LogP contribution is 2.34. The van der Waals surface area contributed by atoms with Crippen molar-refractivity contribution in [3.8, 4) is 5.75 Å². The van der Waals surface area contributed by atoms with E-state index in [9.17, 15) is 4.79 Å². The van der Waals surface area contributed by atoms with Gasteiger partial charge in [0, 0.05) is 28.9 Å². The van der Waals surface area contributed by atoms with Gasteiger partial charge in [-0.1, -0.05) is 17.7 Å². The van der Waals surface area contributed by atoms with Crippen molar-refractivity contribution in [2.45, 2.75) is 13.5 Å².